The summed E-state index contributed by atoms with van der Waals surface area (Å²) >= 11 is 0. The molecule has 0 spiro atoms. The lowest BCUT2D eigenvalue weighted by atomic mass is 10.1. The summed E-state index contributed by atoms with van der Waals surface area (Å²) in [7, 11) is 1.65. The highest BCUT2D eigenvalue weighted by Gasteiger charge is 2.24. The smallest absolute Gasteiger partial charge is 0.408 e. The number of pyridine rings is 1. The van der Waals surface area contributed by atoms with E-state index in [1.807, 2.05) is 34.6 Å². The van der Waals surface area contributed by atoms with Crippen molar-refractivity contribution in [2.75, 3.05) is 26.7 Å². The van der Waals surface area contributed by atoms with Gasteiger partial charge in [0.2, 0.25) is 0 Å². The van der Waals surface area contributed by atoms with Crippen LogP contribution in [0.3, 0.4) is 0 Å². The minimum absolute atomic E-state index is 0. The zero-order valence-corrected chi connectivity index (χ0v) is 20.3. The van der Waals surface area contributed by atoms with E-state index in [1.54, 1.807) is 25.4 Å². The van der Waals surface area contributed by atoms with Crippen molar-refractivity contribution in [3.8, 4) is 0 Å². The third-order valence-corrected chi connectivity index (χ3v) is 3.39. The molecule has 0 saturated heterocycles. The summed E-state index contributed by atoms with van der Waals surface area (Å²) in [5.74, 6) is 0.384. The molecule has 0 unspecified atom stereocenters. The molecule has 164 valence electrons. The number of carbonyl (C=O) groups excluding carboxylic acids is 2. The van der Waals surface area contributed by atoms with Gasteiger partial charge in [-0.3, -0.25) is 14.8 Å². The lowest BCUT2D eigenvalue weighted by molar-refractivity contribution is 0.0473. The van der Waals surface area contributed by atoms with E-state index < -0.39 is 17.2 Å². The maximum Gasteiger partial charge on any atom is 0.408 e. The van der Waals surface area contributed by atoms with Crippen molar-refractivity contribution >= 4 is 41.9 Å². The fraction of sp³-hybridized carbons (Fsp3) is 0.579. The van der Waals surface area contributed by atoms with Gasteiger partial charge in [-0.05, 0) is 46.8 Å². The number of aromatic nitrogens is 1. The van der Waals surface area contributed by atoms with Crippen molar-refractivity contribution in [1.82, 2.24) is 26.3 Å². The second kappa shape index (κ2) is 12.5. The maximum atomic E-state index is 11.9. The van der Waals surface area contributed by atoms with E-state index in [4.69, 9.17) is 4.74 Å². The Morgan fingerprint density at radius 3 is 2.31 bits per heavy atom. The molecule has 10 heteroatoms. The van der Waals surface area contributed by atoms with Gasteiger partial charge in [-0.25, -0.2) is 4.79 Å². The van der Waals surface area contributed by atoms with Crippen molar-refractivity contribution in [2.45, 2.75) is 45.8 Å². The lowest BCUT2D eigenvalue weighted by Crippen LogP contribution is -2.54. The molecule has 2 amide bonds. The number of rotatable bonds is 7. The van der Waals surface area contributed by atoms with E-state index in [0.29, 0.717) is 31.2 Å². The largest absolute Gasteiger partial charge is 0.444 e. The monoisotopic (exact) mass is 520 g/mol. The third kappa shape index (κ3) is 12.1. The first-order chi connectivity index (χ1) is 13.0. The molecule has 0 aliphatic heterocycles. The summed E-state index contributed by atoms with van der Waals surface area (Å²) in [5, 5.41) is 11.9. The molecule has 29 heavy (non-hydrogen) atoms. The molecular formula is C19H33IN6O3. The van der Waals surface area contributed by atoms with Crippen LogP contribution in [0.15, 0.2) is 29.5 Å². The maximum absolute atomic E-state index is 11.9. The van der Waals surface area contributed by atoms with Gasteiger partial charge in [0.25, 0.3) is 5.91 Å². The number of ether oxygens (including phenoxy) is 1. The van der Waals surface area contributed by atoms with Gasteiger partial charge in [-0.2, -0.15) is 0 Å². The summed E-state index contributed by atoms with van der Waals surface area (Å²) in [6.07, 6.45) is 2.66. The molecule has 0 saturated carbocycles. The minimum atomic E-state index is -0.550. The molecule has 1 aromatic rings. The van der Waals surface area contributed by atoms with Crippen LogP contribution in [0.5, 0.6) is 0 Å². The van der Waals surface area contributed by atoms with E-state index >= 15 is 0 Å². The molecule has 4 N–H and O–H groups in total. The molecule has 0 fully saturated rings. The molecular weight excluding hydrogens is 487 g/mol. The molecule has 0 aliphatic carbocycles. The average molecular weight is 520 g/mol. The number of nitrogens with one attached hydrogen (secondary N) is 4. The van der Waals surface area contributed by atoms with Gasteiger partial charge in [0.05, 0.1) is 11.1 Å². The Morgan fingerprint density at radius 2 is 1.76 bits per heavy atom. The highest BCUT2D eigenvalue weighted by Crippen LogP contribution is 2.09. The van der Waals surface area contributed by atoms with Gasteiger partial charge in [0.1, 0.15) is 5.60 Å². The first-order valence-corrected chi connectivity index (χ1v) is 9.16. The van der Waals surface area contributed by atoms with E-state index in [2.05, 4.69) is 31.2 Å². The molecule has 0 atom stereocenters. The Balaban J connectivity index is 0.00000784. The number of hydrogen-bond donors (Lipinski definition) is 4. The summed E-state index contributed by atoms with van der Waals surface area (Å²) in [6, 6.07) is 3.42. The average Bonchev–Trinajstić information content (AvgIpc) is 2.59. The quantitative estimate of drug-likeness (QED) is 0.189. The molecule has 1 rings (SSSR count). The van der Waals surface area contributed by atoms with Crippen LogP contribution in [0.1, 0.15) is 45.0 Å². The Kier molecular flexibility index (Phi) is 11.5. The molecule has 0 bridgehead atoms. The fourth-order valence-electron chi connectivity index (χ4n) is 2.11. The minimum Gasteiger partial charge on any atom is -0.444 e. The van der Waals surface area contributed by atoms with E-state index in [1.165, 1.54) is 6.20 Å². The van der Waals surface area contributed by atoms with E-state index in [-0.39, 0.29) is 29.9 Å². The zero-order valence-electron chi connectivity index (χ0n) is 18.0. The van der Waals surface area contributed by atoms with Gasteiger partial charge in [0.15, 0.2) is 5.96 Å². The van der Waals surface area contributed by atoms with E-state index in [0.717, 1.165) is 0 Å². The molecule has 0 radical (unpaired) electrons. The Labute approximate surface area is 189 Å². The summed E-state index contributed by atoms with van der Waals surface area (Å²) in [5.41, 5.74) is -0.583. The highest BCUT2D eigenvalue weighted by molar-refractivity contribution is 14.0. The first-order valence-electron chi connectivity index (χ1n) is 9.16. The number of aliphatic imine (C=N–C) groups is 1. The van der Waals surface area contributed by atoms with Crippen LogP contribution in [-0.4, -0.2) is 60.8 Å². The second-order valence-electron chi connectivity index (χ2n) is 7.86. The fourth-order valence-corrected chi connectivity index (χ4v) is 2.11. The Morgan fingerprint density at radius 1 is 1.10 bits per heavy atom. The van der Waals surface area contributed by atoms with Gasteiger partial charge < -0.3 is 26.0 Å². The topological polar surface area (TPSA) is 117 Å². The molecule has 9 nitrogen and oxygen atoms in total. The van der Waals surface area contributed by atoms with Gasteiger partial charge in [-0.1, -0.05) is 0 Å². The van der Waals surface area contributed by atoms with Crippen LogP contribution in [0.2, 0.25) is 0 Å². The van der Waals surface area contributed by atoms with Crippen LogP contribution < -0.4 is 21.3 Å². The lowest BCUT2D eigenvalue weighted by Gasteiger charge is -2.29. The normalized spacial score (nSPS) is 11.7. The number of guanidine groups is 1. The van der Waals surface area contributed by atoms with Crippen LogP contribution in [0.25, 0.3) is 0 Å². The highest BCUT2D eigenvalue weighted by atomic mass is 127. The third-order valence-electron chi connectivity index (χ3n) is 3.39. The number of hydrogen-bond acceptors (Lipinski definition) is 5. The van der Waals surface area contributed by atoms with Crippen LogP contribution >= 0.6 is 24.0 Å². The number of alkyl carbamates (subject to hydrolysis) is 1. The predicted octanol–water partition coefficient (Wildman–Crippen LogP) is 1.90. The zero-order chi connectivity index (χ0) is 21.2. The number of halogens is 1. The Hall–Kier alpha value is -2.11. The van der Waals surface area contributed by atoms with Crippen LogP contribution in [0.4, 0.5) is 4.79 Å². The van der Waals surface area contributed by atoms with Gasteiger partial charge in [-0.15, -0.1) is 24.0 Å². The summed E-state index contributed by atoms with van der Waals surface area (Å²) in [6.45, 7) is 10.6. The van der Waals surface area contributed by atoms with Crippen molar-refractivity contribution < 1.29 is 14.3 Å². The molecule has 0 aliphatic rings. The standard InChI is InChI=1S/C19H32N6O3.HI/c1-18(2,3)28-17(27)25-19(4,5)13-24-16(20-6)23-11-10-22-15(26)14-8-7-9-21-12-14;/h7-9,12H,10-11,13H2,1-6H3,(H,22,26)(H,25,27)(H2,20,23,24);1H. The van der Waals surface area contributed by atoms with Crippen LogP contribution in [-0.2, 0) is 4.74 Å². The summed E-state index contributed by atoms with van der Waals surface area (Å²) in [4.78, 5) is 31.9. The predicted molar refractivity (Wildman–Crippen MR) is 125 cm³/mol. The second-order valence-corrected chi connectivity index (χ2v) is 7.86. The van der Waals surface area contributed by atoms with Crippen LogP contribution in [0, 0.1) is 0 Å². The first kappa shape index (κ1) is 26.9. The number of nitrogens with zero attached hydrogens (tertiary/aromatic N) is 2. The molecule has 1 aromatic heterocycles. The number of amides is 2. The number of carbonyl (C=O) groups is 2. The van der Waals surface area contributed by atoms with Gasteiger partial charge in [0, 0.05) is 39.1 Å². The Bertz CT molecular complexity index is 674. The van der Waals surface area contributed by atoms with Crippen molar-refractivity contribution in [2.24, 2.45) is 4.99 Å². The summed E-state index contributed by atoms with van der Waals surface area (Å²) < 4.78 is 5.28. The van der Waals surface area contributed by atoms with Crippen molar-refractivity contribution in [3.63, 3.8) is 0 Å². The van der Waals surface area contributed by atoms with Crippen molar-refractivity contribution in [1.29, 1.82) is 0 Å². The SMILES string of the molecule is CN=C(NCCNC(=O)c1cccnc1)NCC(C)(C)NC(=O)OC(C)(C)C.I. The van der Waals surface area contributed by atoms with E-state index in [9.17, 15) is 9.59 Å². The van der Waals surface area contributed by atoms with Crippen molar-refractivity contribution in [3.05, 3.63) is 30.1 Å². The van der Waals surface area contributed by atoms with Gasteiger partial charge >= 0.3 is 6.09 Å². The molecule has 1 heterocycles. The molecule has 0 aromatic carbocycles.